The molecule has 1 aliphatic heterocycles. The molecule has 0 aliphatic carbocycles. The Bertz CT molecular complexity index is 1480. The maximum absolute atomic E-state index is 13.6. The van der Waals surface area contributed by atoms with Crippen LogP contribution in [0.1, 0.15) is 52.3 Å². The number of anilines is 3. The number of aliphatic imine (C=N–C) groups is 1. The number of halogens is 1. The monoisotopic (exact) mass is 541 g/mol. The number of aromatic amines is 1. The van der Waals surface area contributed by atoms with E-state index in [1.165, 1.54) is 11.1 Å². The van der Waals surface area contributed by atoms with Crippen LogP contribution >= 0.6 is 23.1 Å². The molecule has 1 aliphatic rings. The first-order valence-corrected chi connectivity index (χ1v) is 12.8. The predicted molar refractivity (Wildman–Crippen MR) is 148 cm³/mol. The molecule has 0 bridgehead atoms. The maximum atomic E-state index is 13.6. The molecule has 0 fully saturated rings. The Hall–Kier alpha value is -3.54. The van der Waals surface area contributed by atoms with E-state index in [-0.39, 0.29) is 29.6 Å². The zero-order valence-corrected chi connectivity index (χ0v) is 22.5. The lowest BCUT2D eigenvalue weighted by atomic mass is 10.0. The third-order valence-corrected chi connectivity index (χ3v) is 7.06. The van der Waals surface area contributed by atoms with Gasteiger partial charge in [0.05, 0.1) is 24.5 Å². The smallest absolute Gasteiger partial charge is 0.279 e. The van der Waals surface area contributed by atoms with E-state index in [1.807, 2.05) is 19.9 Å². The molecule has 0 aromatic carbocycles. The summed E-state index contributed by atoms with van der Waals surface area (Å²) in [5.41, 5.74) is 10.1. The van der Waals surface area contributed by atoms with Crippen molar-refractivity contribution in [2.45, 2.75) is 45.7 Å². The highest BCUT2D eigenvalue weighted by atomic mass is 35.5. The molecular weight excluding hydrogens is 514 g/mol. The second-order valence-corrected chi connectivity index (χ2v) is 10.3. The number of pyridine rings is 2. The molecule has 12 heteroatoms. The predicted octanol–water partition coefficient (Wildman–Crippen LogP) is 3.47. The number of alkyl halides is 1. The van der Waals surface area contributed by atoms with Gasteiger partial charge in [-0.15, -0.1) is 0 Å². The van der Waals surface area contributed by atoms with Crippen LogP contribution in [0.5, 0.6) is 0 Å². The number of carbonyl (C=O) groups excluding carboxylic acids is 1. The highest BCUT2D eigenvalue weighted by Crippen LogP contribution is 2.38. The van der Waals surface area contributed by atoms with E-state index in [1.54, 1.807) is 19.9 Å². The minimum atomic E-state index is -0.600. The van der Waals surface area contributed by atoms with Crippen molar-refractivity contribution >= 4 is 57.0 Å². The summed E-state index contributed by atoms with van der Waals surface area (Å²) in [4.78, 5) is 40.5. The first kappa shape index (κ1) is 26.5. The number of H-pyrrole nitrogens is 1. The summed E-state index contributed by atoms with van der Waals surface area (Å²) in [6, 6.07) is 3.25. The number of rotatable bonds is 7. The average molecular weight is 542 g/mol. The highest BCUT2D eigenvalue weighted by molar-refractivity contribution is 7.10. The van der Waals surface area contributed by atoms with Gasteiger partial charge in [0.15, 0.2) is 0 Å². The minimum Gasteiger partial charge on any atom is -0.394 e. The van der Waals surface area contributed by atoms with Crippen LogP contribution in [0.3, 0.4) is 0 Å². The van der Waals surface area contributed by atoms with Gasteiger partial charge in [0, 0.05) is 17.7 Å². The van der Waals surface area contributed by atoms with Crippen LogP contribution in [0.4, 0.5) is 16.5 Å². The molecule has 5 N–H and O–H groups in total. The van der Waals surface area contributed by atoms with Crippen molar-refractivity contribution in [3.63, 3.8) is 0 Å². The fourth-order valence-corrected chi connectivity index (χ4v) is 5.26. The lowest BCUT2D eigenvalue weighted by Crippen LogP contribution is -2.35. The van der Waals surface area contributed by atoms with Crippen molar-refractivity contribution in [1.82, 2.24) is 14.3 Å². The van der Waals surface area contributed by atoms with Gasteiger partial charge < -0.3 is 16.2 Å². The molecule has 2 unspecified atom stereocenters. The lowest BCUT2D eigenvalue weighted by Gasteiger charge is -2.21. The van der Waals surface area contributed by atoms with Crippen molar-refractivity contribution in [2.24, 2.45) is 10.7 Å². The molecule has 1 amide bonds. The fourth-order valence-electron chi connectivity index (χ4n) is 4.16. The Balaban J connectivity index is 1.64. The molecule has 194 valence electrons. The summed E-state index contributed by atoms with van der Waals surface area (Å²) in [5, 5.41) is 12.8. The summed E-state index contributed by atoms with van der Waals surface area (Å²) in [7, 11) is 0. The number of carbonyl (C=O) groups is 1. The summed E-state index contributed by atoms with van der Waals surface area (Å²) in [6.07, 6.45) is 1.96. The number of allylic oxidation sites excluding steroid dienone is 1. The number of hydrogen-bond donors (Lipinski definition) is 4. The van der Waals surface area contributed by atoms with Crippen LogP contribution in [-0.2, 0) is 6.42 Å². The second kappa shape index (κ2) is 10.4. The van der Waals surface area contributed by atoms with Crippen LogP contribution in [0, 0.1) is 13.8 Å². The van der Waals surface area contributed by atoms with Crippen LogP contribution in [0.2, 0.25) is 0 Å². The van der Waals surface area contributed by atoms with Crippen molar-refractivity contribution < 1.29 is 9.90 Å². The number of aliphatic hydroxyl groups excluding tert-OH is 1. The van der Waals surface area contributed by atoms with Gasteiger partial charge in [-0.05, 0) is 62.5 Å². The average Bonchev–Trinajstić information content (AvgIpc) is 3.36. The first-order valence-electron chi connectivity index (χ1n) is 11.6. The van der Waals surface area contributed by atoms with Gasteiger partial charge in [-0.1, -0.05) is 23.8 Å². The topological polar surface area (TPSA) is 150 Å². The molecule has 3 aromatic heterocycles. The summed E-state index contributed by atoms with van der Waals surface area (Å²) >= 11 is 7.69. The van der Waals surface area contributed by atoms with Crippen LogP contribution in [-0.4, -0.2) is 49.3 Å². The Morgan fingerprint density at radius 2 is 2.19 bits per heavy atom. The quantitative estimate of drug-likeness (QED) is 0.155. The maximum Gasteiger partial charge on any atom is 0.279 e. The second-order valence-electron chi connectivity index (χ2n) is 9.01. The van der Waals surface area contributed by atoms with E-state index >= 15 is 0 Å². The number of hydrogen-bond acceptors (Lipinski definition) is 8. The van der Waals surface area contributed by atoms with E-state index in [4.69, 9.17) is 17.3 Å². The van der Waals surface area contributed by atoms with E-state index < -0.39 is 17.1 Å². The number of aryl methyl sites for hydroxylation is 2. The largest absolute Gasteiger partial charge is 0.394 e. The van der Waals surface area contributed by atoms with Gasteiger partial charge in [-0.3, -0.25) is 23.9 Å². The van der Waals surface area contributed by atoms with E-state index in [0.29, 0.717) is 28.5 Å². The standard InChI is InChI=1S/C25H28ClN7O3S/c1-11(2)16-7-13(4)30-22-17(16)8-18(26)33(22)25(36)20-12(3)6-15(9-28-20)31-24-19(23(35)32-37-24)21(27)29-14(5)10-34/h6-7,9,14,18,31,34H,1,8,10H2,2-5H3,(H2,27,29)(H,32,35). The van der Waals surface area contributed by atoms with Gasteiger partial charge in [0.1, 0.15) is 33.4 Å². The van der Waals surface area contributed by atoms with Gasteiger partial charge in [0.25, 0.3) is 11.5 Å². The Kier molecular flexibility index (Phi) is 7.49. The van der Waals surface area contributed by atoms with Crippen molar-refractivity contribution in [2.75, 3.05) is 16.8 Å². The number of nitrogens with zero attached hydrogens (tertiary/aromatic N) is 4. The van der Waals surface area contributed by atoms with Gasteiger partial charge in [-0.2, -0.15) is 0 Å². The molecule has 0 spiro atoms. The molecule has 3 aromatic rings. The molecule has 4 heterocycles. The van der Waals surface area contributed by atoms with E-state index in [2.05, 4.69) is 31.2 Å². The number of nitrogens with one attached hydrogen (secondary N) is 2. The lowest BCUT2D eigenvalue weighted by molar-refractivity contribution is 0.0980. The van der Waals surface area contributed by atoms with Gasteiger partial charge >= 0.3 is 0 Å². The van der Waals surface area contributed by atoms with Crippen molar-refractivity contribution in [3.8, 4) is 0 Å². The van der Waals surface area contributed by atoms with Crippen LogP contribution < -0.4 is 21.5 Å². The first-order chi connectivity index (χ1) is 17.5. The molecule has 10 nitrogen and oxygen atoms in total. The number of fused-ring (bicyclic) bond motifs is 1. The third kappa shape index (κ3) is 5.15. The Morgan fingerprint density at radius 3 is 2.84 bits per heavy atom. The molecule has 0 saturated carbocycles. The zero-order chi connectivity index (χ0) is 27.0. The van der Waals surface area contributed by atoms with Gasteiger partial charge in [0.2, 0.25) is 0 Å². The number of amidine groups is 1. The summed E-state index contributed by atoms with van der Waals surface area (Å²) < 4.78 is 2.63. The zero-order valence-electron chi connectivity index (χ0n) is 20.9. The summed E-state index contributed by atoms with van der Waals surface area (Å²) in [6.45, 7) is 11.1. The Labute approximate surface area is 223 Å². The van der Waals surface area contributed by atoms with Crippen molar-refractivity contribution in [1.29, 1.82) is 0 Å². The van der Waals surface area contributed by atoms with Crippen LogP contribution in [0.25, 0.3) is 5.57 Å². The normalized spacial score (nSPS) is 16.0. The van der Waals surface area contributed by atoms with Crippen molar-refractivity contribution in [3.05, 3.63) is 68.9 Å². The Morgan fingerprint density at radius 1 is 1.46 bits per heavy atom. The number of nitrogens with two attached hydrogens (primary N) is 1. The van der Waals surface area contributed by atoms with Crippen LogP contribution in [0.15, 0.2) is 34.7 Å². The fraction of sp³-hybridized carbons (Fsp3) is 0.320. The third-order valence-electron chi connectivity index (χ3n) is 5.91. The number of aromatic nitrogens is 3. The molecule has 2 atom stereocenters. The van der Waals surface area contributed by atoms with E-state index in [0.717, 1.165) is 33.9 Å². The SMILES string of the molecule is C=C(C)c1cc(C)nc2c1CC(Cl)N2C(=O)c1ncc(Nc2s[nH]c(=O)c2C(N)=NC(C)CO)cc1C. The number of amides is 1. The minimum absolute atomic E-state index is 0.0146. The molecule has 37 heavy (non-hydrogen) atoms. The van der Waals surface area contributed by atoms with Gasteiger partial charge in [-0.25, -0.2) is 9.97 Å². The molecule has 4 rings (SSSR count). The molecule has 0 radical (unpaired) electrons. The molecule has 0 saturated heterocycles. The van der Waals surface area contributed by atoms with E-state index in [9.17, 15) is 14.7 Å². The summed E-state index contributed by atoms with van der Waals surface area (Å²) in [5.74, 6) is 0.191. The number of aliphatic hydroxyl groups is 1. The highest BCUT2D eigenvalue weighted by Gasteiger charge is 2.37. The molecular formula is C25H28ClN7O3S.